The highest BCUT2D eigenvalue weighted by Gasteiger charge is 2.02. The van der Waals surface area contributed by atoms with Gasteiger partial charge in [-0.1, -0.05) is 31.2 Å². The first-order valence-corrected chi connectivity index (χ1v) is 5.86. The maximum absolute atomic E-state index is 11.8. The average molecular weight is 243 g/mol. The summed E-state index contributed by atoms with van der Waals surface area (Å²) in [4.78, 5) is 0. The number of alkyl halides is 2. The smallest absolute Gasteiger partial charge is 0.261 e. The summed E-state index contributed by atoms with van der Waals surface area (Å²) >= 11 is 0. The maximum Gasteiger partial charge on any atom is 0.261 e. The molecule has 0 aliphatic rings. The van der Waals surface area contributed by atoms with Crippen molar-refractivity contribution in [2.45, 2.75) is 32.9 Å². The summed E-state index contributed by atoms with van der Waals surface area (Å²) in [6.45, 7) is 3.70. The molecule has 0 spiro atoms. The third-order valence-electron chi connectivity index (χ3n) is 2.29. The summed E-state index contributed by atoms with van der Waals surface area (Å²) in [5.74, 6) is 0. The number of benzene rings is 1. The van der Waals surface area contributed by atoms with Crippen molar-refractivity contribution in [3.05, 3.63) is 35.4 Å². The van der Waals surface area contributed by atoms with Crippen LogP contribution < -0.4 is 5.32 Å². The van der Waals surface area contributed by atoms with Gasteiger partial charge in [-0.2, -0.15) is 0 Å². The van der Waals surface area contributed by atoms with Crippen molar-refractivity contribution in [1.82, 2.24) is 5.32 Å². The minimum Gasteiger partial charge on any atom is -0.371 e. The Bertz CT molecular complexity index is 301. The third-order valence-corrected chi connectivity index (χ3v) is 2.29. The summed E-state index contributed by atoms with van der Waals surface area (Å²) in [5.41, 5.74) is 2.11. The molecule has 17 heavy (non-hydrogen) atoms. The zero-order chi connectivity index (χ0) is 12.5. The van der Waals surface area contributed by atoms with Gasteiger partial charge in [0.05, 0.1) is 6.61 Å². The Balaban J connectivity index is 2.29. The molecule has 4 heteroatoms. The van der Waals surface area contributed by atoms with Crippen molar-refractivity contribution in [2.24, 2.45) is 0 Å². The maximum atomic E-state index is 11.8. The second kappa shape index (κ2) is 8.14. The van der Waals surface area contributed by atoms with E-state index < -0.39 is 13.0 Å². The van der Waals surface area contributed by atoms with Gasteiger partial charge in [0, 0.05) is 6.54 Å². The summed E-state index contributed by atoms with van der Waals surface area (Å²) < 4.78 is 28.5. The van der Waals surface area contributed by atoms with Gasteiger partial charge >= 0.3 is 0 Å². The van der Waals surface area contributed by atoms with Crippen molar-refractivity contribution in [3.8, 4) is 0 Å². The van der Waals surface area contributed by atoms with Gasteiger partial charge in [0.15, 0.2) is 0 Å². The van der Waals surface area contributed by atoms with E-state index in [2.05, 4.69) is 12.2 Å². The highest BCUT2D eigenvalue weighted by atomic mass is 19.3. The number of halogens is 2. The fraction of sp³-hybridized carbons (Fsp3) is 0.538. The standard InChI is InChI=1S/C13H19F2NO/c1-2-7-16-8-11-3-5-12(6-4-11)9-17-10-13(14)15/h3-6,13,16H,2,7-10H2,1H3. The van der Waals surface area contributed by atoms with Crippen molar-refractivity contribution in [2.75, 3.05) is 13.2 Å². The molecule has 0 fully saturated rings. The molecule has 2 nitrogen and oxygen atoms in total. The first-order valence-electron chi connectivity index (χ1n) is 5.86. The molecule has 0 atom stereocenters. The van der Waals surface area contributed by atoms with Crippen molar-refractivity contribution >= 4 is 0 Å². The van der Waals surface area contributed by atoms with E-state index in [1.165, 1.54) is 5.56 Å². The van der Waals surface area contributed by atoms with Crippen LogP contribution in [-0.4, -0.2) is 19.6 Å². The van der Waals surface area contributed by atoms with E-state index in [1.807, 2.05) is 24.3 Å². The van der Waals surface area contributed by atoms with Gasteiger partial charge in [0.2, 0.25) is 0 Å². The molecule has 0 unspecified atom stereocenters. The lowest BCUT2D eigenvalue weighted by molar-refractivity contribution is 0.00987. The summed E-state index contributed by atoms with van der Waals surface area (Å²) in [7, 11) is 0. The zero-order valence-corrected chi connectivity index (χ0v) is 10.1. The Labute approximate surface area is 101 Å². The molecule has 0 heterocycles. The van der Waals surface area contributed by atoms with Crippen LogP contribution in [0.4, 0.5) is 8.78 Å². The van der Waals surface area contributed by atoms with E-state index in [4.69, 9.17) is 4.74 Å². The van der Waals surface area contributed by atoms with Crippen LogP contribution in [-0.2, 0) is 17.9 Å². The molecule has 0 aliphatic heterocycles. The second-order valence-corrected chi connectivity index (χ2v) is 3.90. The largest absolute Gasteiger partial charge is 0.371 e. The summed E-state index contributed by atoms with van der Waals surface area (Å²) in [5, 5.41) is 3.30. The molecule has 0 saturated carbocycles. The van der Waals surface area contributed by atoms with E-state index in [-0.39, 0.29) is 6.61 Å². The molecular formula is C13H19F2NO. The minimum absolute atomic E-state index is 0.243. The van der Waals surface area contributed by atoms with E-state index in [0.29, 0.717) is 0 Å². The first kappa shape index (κ1) is 14.1. The van der Waals surface area contributed by atoms with Gasteiger partial charge < -0.3 is 10.1 Å². The molecule has 0 saturated heterocycles. The molecule has 0 radical (unpaired) electrons. The highest BCUT2D eigenvalue weighted by molar-refractivity contribution is 5.21. The number of rotatable bonds is 8. The van der Waals surface area contributed by atoms with Crippen LogP contribution in [0.2, 0.25) is 0 Å². The molecule has 96 valence electrons. The zero-order valence-electron chi connectivity index (χ0n) is 10.1. The Morgan fingerprint density at radius 2 is 1.82 bits per heavy atom. The fourth-order valence-electron chi connectivity index (χ4n) is 1.43. The fourth-order valence-corrected chi connectivity index (χ4v) is 1.43. The van der Waals surface area contributed by atoms with Crippen LogP contribution in [0.1, 0.15) is 24.5 Å². The third kappa shape index (κ3) is 6.34. The van der Waals surface area contributed by atoms with Crippen molar-refractivity contribution < 1.29 is 13.5 Å². The first-order chi connectivity index (χ1) is 8.22. The van der Waals surface area contributed by atoms with Crippen LogP contribution in [0.15, 0.2) is 24.3 Å². The van der Waals surface area contributed by atoms with Crippen LogP contribution in [0.25, 0.3) is 0 Å². The van der Waals surface area contributed by atoms with Gasteiger partial charge in [0.1, 0.15) is 6.61 Å². The minimum atomic E-state index is -2.40. The second-order valence-electron chi connectivity index (χ2n) is 3.90. The number of hydrogen-bond acceptors (Lipinski definition) is 2. The summed E-state index contributed by atoms with van der Waals surface area (Å²) in [6, 6.07) is 7.80. The SMILES string of the molecule is CCCNCc1ccc(COCC(F)F)cc1. The lowest BCUT2D eigenvalue weighted by atomic mass is 10.1. The quantitative estimate of drug-likeness (QED) is 0.709. The lowest BCUT2D eigenvalue weighted by Gasteiger charge is -2.06. The van der Waals surface area contributed by atoms with Crippen LogP contribution >= 0.6 is 0 Å². The Morgan fingerprint density at radius 3 is 2.41 bits per heavy atom. The van der Waals surface area contributed by atoms with Gasteiger partial charge in [-0.15, -0.1) is 0 Å². The van der Waals surface area contributed by atoms with Gasteiger partial charge in [-0.25, -0.2) is 8.78 Å². The molecule has 1 aromatic rings. The normalized spacial score (nSPS) is 11.1. The van der Waals surface area contributed by atoms with Crippen LogP contribution in [0.5, 0.6) is 0 Å². The predicted molar refractivity (Wildman–Crippen MR) is 64.1 cm³/mol. The van der Waals surface area contributed by atoms with Gasteiger partial charge in [-0.3, -0.25) is 0 Å². The Hall–Kier alpha value is -1.00. The molecule has 1 aromatic carbocycles. The molecular weight excluding hydrogens is 224 g/mol. The molecule has 0 bridgehead atoms. The van der Waals surface area contributed by atoms with E-state index >= 15 is 0 Å². The molecule has 0 aliphatic carbocycles. The van der Waals surface area contributed by atoms with E-state index in [1.54, 1.807) is 0 Å². The molecule has 1 N–H and O–H groups in total. The number of ether oxygens (including phenoxy) is 1. The average Bonchev–Trinajstić information content (AvgIpc) is 2.31. The lowest BCUT2D eigenvalue weighted by Crippen LogP contribution is -2.13. The monoisotopic (exact) mass is 243 g/mol. The molecule has 1 rings (SSSR count). The summed E-state index contributed by atoms with van der Waals surface area (Å²) in [6.07, 6.45) is -1.29. The van der Waals surface area contributed by atoms with Crippen molar-refractivity contribution in [3.63, 3.8) is 0 Å². The predicted octanol–water partition coefficient (Wildman–Crippen LogP) is 2.97. The van der Waals surface area contributed by atoms with Gasteiger partial charge in [-0.05, 0) is 24.1 Å². The van der Waals surface area contributed by atoms with Gasteiger partial charge in [0.25, 0.3) is 6.43 Å². The number of nitrogens with one attached hydrogen (secondary N) is 1. The Kier molecular flexibility index (Phi) is 6.74. The molecule has 0 amide bonds. The topological polar surface area (TPSA) is 21.3 Å². The Morgan fingerprint density at radius 1 is 1.18 bits per heavy atom. The van der Waals surface area contributed by atoms with Crippen LogP contribution in [0.3, 0.4) is 0 Å². The number of hydrogen-bond donors (Lipinski definition) is 1. The van der Waals surface area contributed by atoms with E-state index in [9.17, 15) is 8.78 Å². The highest BCUT2D eigenvalue weighted by Crippen LogP contribution is 2.06. The molecule has 0 aromatic heterocycles. The van der Waals surface area contributed by atoms with E-state index in [0.717, 1.165) is 25.1 Å². The van der Waals surface area contributed by atoms with Crippen LogP contribution in [0, 0.1) is 0 Å². The van der Waals surface area contributed by atoms with Crippen molar-refractivity contribution in [1.29, 1.82) is 0 Å².